The van der Waals surface area contributed by atoms with Crippen molar-refractivity contribution in [1.82, 2.24) is 4.90 Å². The first kappa shape index (κ1) is 12.6. The quantitative estimate of drug-likeness (QED) is 0.799. The van der Waals surface area contributed by atoms with E-state index in [1.807, 2.05) is 0 Å². The third-order valence-electron chi connectivity index (χ3n) is 2.80. The van der Waals surface area contributed by atoms with Crippen LogP contribution in [0.25, 0.3) is 5.57 Å². The molecular formula is C14H17NS2. The molecule has 0 N–H and O–H groups in total. The fraction of sp³-hybridized carbons (Fsp3) is 0.286. The highest BCUT2D eigenvalue weighted by molar-refractivity contribution is 7.13. The predicted octanol–water partition coefficient (Wildman–Crippen LogP) is 4.19. The van der Waals surface area contributed by atoms with Crippen LogP contribution in [0, 0.1) is 0 Å². The Hall–Kier alpha value is -0.900. The van der Waals surface area contributed by atoms with Gasteiger partial charge in [0.1, 0.15) is 0 Å². The van der Waals surface area contributed by atoms with Gasteiger partial charge in [-0.2, -0.15) is 0 Å². The summed E-state index contributed by atoms with van der Waals surface area (Å²) in [7, 11) is 4.23. The van der Waals surface area contributed by atoms with Crippen LogP contribution in [0.15, 0.2) is 41.1 Å². The average molecular weight is 263 g/mol. The second-order valence-corrected chi connectivity index (χ2v) is 6.13. The monoisotopic (exact) mass is 263 g/mol. The largest absolute Gasteiger partial charge is 0.303 e. The maximum Gasteiger partial charge on any atom is 0.0354 e. The molecule has 2 rings (SSSR count). The van der Waals surface area contributed by atoms with E-state index in [9.17, 15) is 0 Å². The molecular weight excluding hydrogens is 246 g/mol. The lowest BCUT2D eigenvalue weighted by Gasteiger charge is -2.17. The third kappa shape index (κ3) is 3.06. The lowest BCUT2D eigenvalue weighted by molar-refractivity contribution is 0.364. The van der Waals surface area contributed by atoms with Gasteiger partial charge in [-0.3, -0.25) is 0 Å². The molecule has 2 aromatic heterocycles. The Bertz CT molecular complexity index is 430. The fourth-order valence-electron chi connectivity index (χ4n) is 1.54. The number of thiophene rings is 2. The molecule has 0 aliphatic rings. The fourth-order valence-corrected chi connectivity index (χ4v) is 3.14. The van der Waals surface area contributed by atoms with E-state index in [1.165, 1.54) is 15.3 Å². The Morgan fingerprint density at radius 3 is 2.00 bits per heavy atom. The van der Waals surface area contributed by atoms with E-state index >= 15 is 0 Å². The Morgan fingerprint density at radius 2 is 1.65 bits per heavy atom. The third-order valence-corrected chi connectivity index (χ3v) is 4.60. The van der Waals surface area contributed by atoms with Crippen molar-refractivity contribution >= 4 is 28.2 Å². The van der Waals surface area contributed by atoms with Crippen LogP contribution < -0.4 is 0 Å². The summed E-state index contributed by atoms with van der Waals surface area (Å²) in [6, 6.07) is 9.05. The van der Waals surface area contributed by atoms with Crippen LogP contribution in [0.3, 0.4) is 0 Å². The first-order valence-electron chi connectivity index (χ1n) is 5.64. The van der Waals surface area contributed by atoms with Crippen molar-refractivity contribution in [3.05, 3.63) is 50.9 Å². The van der Waals surface area contributed by atoms with Crippen LogP contribution in [0.5, 0.6) is 0 Å². The highest BCUT2D eigenvalue weighted by Crippen LogP contribution is 2.30. The van der Waals surface area contributed by atoms with Crippen LogP contribution in [0.1, 0.15) is 16.7 Å². The van der Waals surface area contributed by atoms with E-state index in [2.05, 4.69) is 67.0 Å². The molecule has 0 spiro atoms. The lowest BCUT2D eigenvalue weighted by atomic mass is 10.1. The number of rotatable bonds is 4. The molecule has 1 nitrogen and oxygen atoms in total. The SMILES string of the molecule is C[C@@H](C=C(c1cccs1)c1cccs1)N(C)C. The minimum atomic E-state index is 0.439. The molecule has 0 saturated heterocycles. The molecule has 90 valence electrons. The number of likely N-dealkylation sites (N-methyl/N-ethyl adjacent to an activating group) is 1. The molecule has 17 heavy (non-hydrogen) atoms. The highest BCUT2D eigenvalue weighted by Gasteiger charge is 2.10. The van der Waals surface area contributed by atoms with Crippen molar-refractivity contribution in [2.24, 2.45) is 0 Å². The van der Waals surface area contributed by atoms with Crippen LogP contribution in [-0.4, -0.2) is 25.0 Å². The molecule has 0 radical (unpaired) electrons. The molecule has 0 saturated carbocycles. The molecule has 0 amide bonds. The maximum atomic E-state index is 2.34. The molecule has 2 heterocycles. The minimum Gasteiger partial charge on any atom is -0.303 e. The van der Waals surface area contributed by atoms with Gasteiger partial charge in [0.25, 0.3) is 0 Å². The Kier molecular flexibility index (Phi) is 4.15. The highest BCUT2D eigenvalue weighted by atomic mass is 32.1. The molecule has 0 aromatic carbocycles. The van der Waals surface area contributed by atoms with Gasteiger partial charge < -0.3 is 4.90 Å². The molecule has 0 aliphatic heterocycles. The minimum absolute atomic E-state index is 0.439. The second-order valence-electron chi connectivity index (χ2n) is 4.24. The Labute approximate surface area is 111 Å². The van der Waals surface area contributed by atoms with Crippen molar-refractivity contribution in [1.29, 1.82) is 0 Å². The number of hydrogen-bond acceptors (Lipinski definition) is 3. The molecule has 0 unspecified atom stereocenters. The van der Waals surface area contributed by atoms with Crippen molar-refractivity contribution in [3.8, 4) is 0 Å². The first-order valence-corrected chi connectivity index (χ1v) is 7.40. The van der Waals surface area contributed by atoms with E-state index in [-0.39, 0.29) is 0 Å². The van der Waals surface area contributed by atoms with Gasteiger partial charge in [-0.25, -0.2) is 0 Å². The lowest BCUT2D eigenvalue weighted by Crippen LogP contribution is -2.22. The van der Waals surface area contributed by atoms with Gasteiger partial charge in [0.2, 0.25) is 0 Å². The van der Waals surface area contributed by atoms with E-state index in [4.69, 9.17) is 0 Å². The summed E-state index contributed by atoms with van der Waals surface area (Å²) in [5.41, 5.74) is 1.36. The van der Waals surface area contributed by atoms with Crippen molar-refractivity contribution in [2.75, 3.05) is 14.1 Å². The van der Waals surface area contributed by atoms with E-state index < -0.39 is 0 Å². The zero-order valence-electron chi connectivity index (χ0n) is 10.4. The molecule has 1 atom stereocenters. The predicted molar refractivity (Wildman–Crippen MR) is 78.9 cm³/mol. The van der Waals surface area contributed by atoms with Gasteiger partial charge in [-0.05, 0) is 43.9 Å². The van der Waals surface area contributed by atoms with E-state index in [0.717, 1.165) is 0 Å². The normalized spacial score (nSPS) is 12.7. The van der Waals surface area contributed by atoms with Gasteiger partial charge in [-0.1, -0.05) is 18.2 Å². The summed E-state index contributed by atoms with van der Waals surface area (Å²) >= 11 is 3.61. The first-order chi connectivity index (χ1) is 8.18. The van der Waals surface area contributed by atoms with Crippen molar-refractivity contribution in [3.63, 3.8) is 0 Å². The molecule has 0 fully saturated rings. The molecule has 0 aliphatic carbocycles. The van der Waals surface area contributed by atoms with E-state index in [0.29, 0.717) is 6.04 Å². The van der Waals surface area contributed by atoms with Crippen molar-refractivity contribution in [2.45, 2.75) is 13.0 Å². The van der Waals surface area contributed by atoms with Gasteiger partial charge in [-0.15, -0.1) is 22.7 Å². The molecule has 0 bridgehead atoms. The van der Waals surface area contributed by atoms with Crippen LogP contribution in [0.4, 0.5) is 0 Å². The Morgan fingerprint density at radius 1 is 1.12 bits per heavy atom. The molecule has 3 heteroatoms. The number of hydrogen-bond donors (Lipinski definition) is 0. The van der Waals surface area contributed by atoms with Crippen LogP contribution >= 0.6 is 22.7 Å². The zero-order chi connectivity index (χ0) is 12.3. The summed E-state index contributed by atoms with van der Waals surface area (Å²) in [4.78, 5) is 4.92. The van der Waals surface area contributed by atoms with Gasteiger partial charge in [0.05, 0.1) is 0 Å². The van der Waals surface area contributed by atoms with Gasteiger partial charge in [0, 0.05) is 21.4 Å². The summed E-state index contributed by atoms with van der Waals surface area (Å²) in [6.07, 6.45) is 2.34. The summed E-state index contributed by atoms with van der Waals surface area (Å²) < 4.78 is 0. The standard InChI is InChI=1S/C14H17NS2/c1-11(15(2)3)10-12(13-6-4-8-16-13)14-7-5-9-17-14/h4-11H,1-3H3/t11-/m0/s1. The number of nitrogens with zero attached hydrogens (tertiary/aromatic N) is 1. The van der Waals surface area contributed by atoms with Crippen molar-refractivity contribution < 1.29 is 0 Å². The van der Waals surface area contributed by atoms with Crippen LogP contribution in [-0.2, 0) is 0 Å². The summed E-state index contributed by atoms with van der Waals surface area (Å²) in [5.74, 6) is 0. The summed E-state index contributed by atoms with van der Waals surface area (Å²) in [5, 5.41) is 4.27. The smallest absolute Gasteiger partial charge is 0.0354 e. The average Bonchev–Trinajstić information content (AvgIpc) is 2.98. The van der Waals surface area contributed by atoms with Gasteiger partial charge in [0.15, 0.2) is 0 Å². The Balaban J connectivity index is 2.38. The topological polar surface area (TPSA) is 3.24 Å². The maximum absolute atomic E-state index is 2.34. The summed E-state index contributed by atoms with van der Waals surface area (Å²) in [6.45, 7) is 2.22. The zero-order valence-corrected chi connectivity index (χ0v) is 12.0. The van der Waals surface area contributed by atoms with Gasteiger partial charge >= 0.3 is 0 Å². The molecule has 2 aromatic rings. The second kappa shape index (κ2) is 5.63. The van der Waals surface area contributed by atoms with E-state index in [1.54, 1.807) is 22.7 Å². The van der Waals surface area contributed by atoms with Crippen LogP contribution in [0.2, 0.25) is 0 Å².